The van der Waals surface area contributed by atoms with Crippen LogP contribution in [0.3, 0.4) is 0 Å². The van der Waals surface area contributed by atoms with Gasteiger partial charge in [0.1, 0.15) is 0 Å². The van der Waals surface area contributed by atoms with Crippen LogP contribution in [0.5, 0.6) is 0 Å². The molecule has 0 saturated carbocycles. The predicted octanol–water partition coefficient (Wildman–Crippen LogP) is 2.31. The van der Waals surface area contributed by atoms with E-state index in [1.165, 1.54) is 16.7 Å². The molecule has 1 saturated heterocycles. The topological polar surface area (TPSA) is 32.3 Å². The van der Waals surface area contributed by atoms with Crippen molar-refractivity contribution in [3.8, 4) is 0 Å². The Hall–Kier alpha value is -0.860. The van der Waals surface area contributed by atoms with Crippen molar-refractivity contribution in [2.75, 3.05) is 19.7 Å². The van der Waals surface area contributed by atoms with Gasteiger partial charge in [0.25, 0.3) is 0 Å². The Morgan fingerprint density at radius 1 is 1.24 bits per heavy atom. The molecule has 1 fully saturated rings. The molecule has 2 heteroatoms. The van der Waals surface area contributed by atoms with Gasteiger partial charge in [0.15, 0.2) is 0 Å². The summed E-state index contributed by atoms with van der Waals surface area (Å²) in [7, 11) is 0. The van der Waals surface area contributed by atoms with Crippen LogP contribution in [0.2, 0.25) is 0 Å². The van der Waals surface area contributed by atoms with Crippen molar-refractivity contribution < 1.29 is 5.11 Å². The highest BCUT2D eigenvalue weighted by molar-refractivity contribution is 5.37. The Balaban J connectivity index is 2.41. The lowest BCUT2D eigenvalue weighted by molar-refractivity contribution is 0.178. The van der Waals surface area contributed by atoms with Gasteiger partial charge in [-0.25, -0.2) is 0 Å². The number of hydrogen-bond donors (Lipinski definition) is 2. The molecule has 0 amide bonds. The molecule has 17 heavy (non-hydrogen) atoms. The van der Waals surface area contributed by atoms with Crippen LogP contribution in [0, 0.1) is 13.8 Å². The largest absolute Gasteiger partial charge is 0.395 e. The summed E-state index contributed by atoms with van der Waals surface area (Å²) in [6.45, 7) is 6.63. The van der Waals surface area contributed by atoms with Gasteiger partial charge < -0.3 is 10.4 Å². The van der Waals surface area contributed by atoms with E-state index in [-0.39, 0.29) is 12.0 Å². The molecule has 0 bridgehead atoms. The zero-order valence-corrected chi connectivity index (χ0v) is 10.9. The van der Waals surface area contributed by atoms with E-state index in [4.69, 9.17) is 0 Å². The van der Waals surface area contributed by atoms with Gasteiger partial charge in [0.05, 0.1) is 6.61 Å². The van der Waals surface area contributed by atoms with Gasteiger partial charge >= 0.3 is 0 Å². The highest BCUT2D eigenvalue weighted by Crippen LogP contribution is 2.36. The Kier molecular flexibility index (Phi) is 3.85. The maximum absolute atomic E-state index is 9.91. The first-order valence-electron chi connectivity index (χ1n) is 6.57. The summed E-state index contributed by atoms with van der Waals surface area (Å²) in [5.41, 5.74) is 3.92. The number of hydrogen-bond acceptors (Lipinski definition) is 2. The highest BCUT2D eigenvalue weighted by Gasteiger charge is 2.33. The Bertz CT molecular complexity index is 379. The molecular weight excluding hydrogens is 210 g/mol. The van der Waals surface area contributed by atoms with Gasteiger partial charge in [-0.3, -0.25) is 0 Å². The molecule has 0 aliphatic carbocycles. The minimum Gasteiger partial charge on any atom is -0.395 e. The van der Waals surface area contributed by atoms with E-state index in [9.17, 15) is 5.11 Å². The first-order chi connectivity index (χ1) is 8.18. The molecule has 0 radical (unpaired) electrons. The molecule has 1 heterocycles. The van der Waals surface area contributed by atoms with E-state index in [1.807, 2.05) is 0 Å². The zero-order valence-electron chi connectivity index (χ0n) is 10.9. The van der Waals surface area contributed by atoms with Crippen LogP contribution in [0.15, 0.2) is 18.2 Å². The molecule has 2 rings (SSSR count). The molecule has 1 unspecified atom stereocenters. The summed E-state index contributed by atoms with van der Waals surface area (Å²) in [5.74, 6) is 0. The Labute approximate surface area is 104 Å². The molecule has 1 aromatic rings. The Morgan fingerprint density at radius 2 is 2.06 bits per heavy atom. The maximum Gasteiger partial charge on any atom is 0.0528 e. The van der Waals surface area contributed by atoms with Crippen molar-refractivity contribution in [2.24, 2.45) is 0 Å². The fourth-order valence-electron chi connectivity index (χ4n) is 2.95. The molecule has 1 aliphatic rings. The molecule has 1 atom stereocenters. The van der Waals surface area contributed by atoms with E-state index >= 15 is 0 Å². The van der Waals surface area contributed by atoms with Crippen molar-refractivity contribution >= 4 is 0 Å². The van der Waals surface area contributed by atoms with Crippen LogP contribution in [0.1, 0.15) is 36.0 Å². The van der Waals surface area contributed by atoms with Gasteiger partial charge in [-0.2, -0.15) is 0 Å². The second-order valence-corrected chi connectivity index (χ2v) is 5.36. The Morgan fingerprint density at radius 3 is 2.82 bits per heavy atom. The van der Waals surface area contributed by atoms with Crippen LogP contribution < -0.4 is 5.32 Å². The lowest BCUT2D eigenvalue weighted by Gasteiger charge is -2.33. The second kappa shape index (κ2) is 5.19. The fraction of sp³-hybridized carbons (Fsp3) is 0.600. The molecule has 94 valence electrons. The quantitative estimate of drug-likeness (QED) is 0.821. The number of aliphatic hydroxyl groups is 1. The van der Waals surface area contributed by atoms with E-state index in [0.717, 1.165) is 32.4 Å². The van der Waals surface area contributed by atoms with Crippen LogP contribution in [-0.4, -0.2) is 24.8 Å². The number of benzene rings is 1. The first kappa shape index (κ1) is 12.6. The smallest absolute Gasteiger partial charge is 0.0528 e. The van der Waals surface area contributed by atoms with Crippen molar-refractivity contribution in [1.82, 2.24) is 5.32 Å². The molecule has 1 aromatic carbocycles. The average Bonchev–Trinajstić information content (AvgIpc) is 2.58. The minimum atomic E-state index is -0.0282. The lowest BCUT2D eigenvalue weighted by Crippen LogP contribution is -2.32. The average molecular weight is 233 g/mol. The first-order valence-corrected chi connectivity index (χ1v) is 6.57. The number of rotatable bonds is 2. The highest BCUT2D eigenvalue weighted by atomic mass is 16.3. The zero-order chi connectivity index (χ0) is 12.3. The van der Waals surface area contributed by atoms with Gasteiger partial charge in [-0.15, -0.1) is 0 Å². The minimum absolute atomic E-state index is 0.0282. The fourth-order valence-corrected chi connectivity index (χ4v) is 2.95. The molecular formula is C15H23NO. The van der Waals surface area contributed by atoms with Crippen LogP contribution in [-0.2, 0) is 5.41 Å². The van der Waals surface area contributed by atoms with E-state index < -0.39 is 0 Å². The van der Waals surface area contributed by atoms with Crippen LogP contribution in [0.4, 0.5) is 0 Å². The summed E-state index contributed by atoms with van der Waals surface area (Å²) >= 11 is 0. The molecule has 1 aliphatic heterocycles. The van der Waals surface area contributed by atoms with Gasteiger partial charge in [-0.05, 0) is 57.3 Å². The second-order valence-electron chi connectivity index (χ2n) is 5.36. The monoisotopic (exact) mass is 233 g/mol. The van der Waals surface area contributed by atoms with Crippen molar-refractivity contribution in [2.45, 2.75) is 38.5 Å². The summed E-state index contributed by atoms with van der Waals surface area (Å²) in [6.07, 6.45) is 3.27. The molecule has 2 nitrogen and oxygen atoms in total. The van der Waals surface area contributed by atoms with Crippen molar-refractivity contribution in [3.05, 3.63) is 34.9 Å². The summed E-state index contributed by atoms with van der Waals surface area (Å²) < 4.78 is 0. The molecule has 2 N–H and O–H groups in total. The predicted molar refractivity (Wildman–Crippen MR) is 71.4 cm³/mol. The summed E-state index contributed by atoms with van der Waals surface area (Å²) in [4.78, 5) is 0. The summed E-state index contributed by atoms with van der Waals surface area (Å²) in [6, 6.07) is 6.59. The summed E-state index contributed by atoms with van der Waals surface area (Å²) in [5, 5.41) is 13.3. The lowest BCUT2D eigenvalue weighted by atomic mass is 9.73. The van der Waals surface area contributed by atoms with Crippen molar-refractivity contribution in [3.63, 3.8) is 0 Å². The number of aryl methyl sites for hydroxylation is 2. The van der Waals surface area contributed by atoms with E-state index in [0.29, 0.717) is 0 Å². The van der Waals surface area contributed by atoms with Crippen LogP contribution in [0.25, 0.3) is 0 Å². The molecule has 0 spiro atoms. The normalized spacial score (nSPS) is 25.6. The van der Waals surface area contributed by atoms with Crippen molar-refractivity contribution in [1.29, 1.82) is 0 Å². The number of aliphatic hydroxyl groups excluding tert-OH is 1. The van der Waals surface area contributed by atoms with Gasteiger partial charge in [-0.1, -0.05) is 23.8 Å². The van der Waals surface area contributed by atoms with Crippen LogP contribution >= 0.6 is 0 Å². The standard InChI is InChI=1S/C15H23NO/c1-12-4-5-13(2)14(10-12)15(11-17)6-3-8-16-9-7-15/h4-5,10,16-17H,3,6-9,11H2,1-2H3. The van der Waals surface area contributed by atoms with Gasteiger partial charge in [0, 0.05) is 5.41 Å². The third-order valence-electron chi connectivity index (χ3n) is 4.06. The van der Waals surface area contributed by atoms with E-state index in [2.05, 4.69) is 37.4 Å². The third-order valence-corrected chi connectivity index (χ3v) is 4.06. The SMILES string of the molecule is Cc1ccc(C)c(C2(CO)CCCNCC2)c1. The molecule has 0 aromatic heterocycles. The third kappa shape index (κ3) is 2.53. The maximum atomic E-state index is 9.91. The van der Waals surface area contributed by atoms with E-state index in [1.54, 1.807) is 0 Å². The van der Waals surface area contributed by atoms with Gasteiger partial charge in [0.2, 0.25) is 0 Å². The number of nitrogens with one attached hydrogen (secondary N) is 1.